The van der Waals surface area contributed by atoms with Gasteiger partial charge in [0, 0.05) is 22.4 Å². The zero-order valence-electron chi connectivity index (χ0n) is 14.3. The van der Waals surface area contributed by atoms with Gasteiger partial charge >= 0.3 is 0 Å². The van der Waals surface area contributed by atoms with E-state index in [0.29, 0.717) is 27.2 Å². The minimum Gasteiger partial charge on any atom is -0.298 e. The number of benzene rings is 2. The molecule has 1 heterocycles. The van der Waals surface area contributed by atoms with E-state index < -0.39 is 28.4 Å². The van der Waals surface area contributed by atoms with Gasteiger partial charge in [-0.25, -0.2) is 12.7 Å². The van der Waals surface area contributed by atoms with Gasteiger partial charge in [-0.1, -0.05) is 35.3 Å². The van der Waals surface area contributed by atoms with Crippen LogP contribution in [0.15, 0.2) is 53.4 Å². The molecule has 2 aromatic rings. The van der Waals surface area contributed by atoms with E-state index >= 15 is 0 Å². The molecule has 2 aromatic carbocycles. The Bertz CT molecular complexity index is 973. The lowest BCUT2D eigenvalue weighted by atomic mass is 9.94. The molecule has 0 radical (unpaired) electrons. The fourth-order valence-corrected chi connectivity index (χ4v) is 4.83. The summed E-state index contributed by atoms with van der Waals surface area (Å²) in [6.07, 6.45) is 0.778. The second kappa shape index (κ2) is 8.00. The molecule has 1 fully saturated rings. The highest BCUT2D eigenvalue weighted by atomic mass is 35.5. The third-order valence-corrected chi connectivity index (χ3v) is 6.70. The Balaban J connectivity index is 1.92. The van der Waals surface area contributed by atoms with Crippen molar-refractivity contribution < 1.29 is 18.0 Å². The summed E-state index contributed by atoms with van der Waals surface area (Å²) in [5.74, 6) is -1.47. The number of amides is 1. The molecule has 8 heteroatoms. The molecule has 0 saturated carbocycles. The van der Waals surface area contributed by atoms with Crippen LogP contribution in [0.3, 0.4) is 0 Å². The number of carbonyl (C=O) groups is 2. The number of Topliss-reactive ketones (excluding diaryl/α,β-unsaturated/α-hetero) is 1. The molecule has 0 bridgehead atoms. The summed E-state index contributed by atoms with van der Waals surface area (Å²) in [6, 6.07) is 12.6. The van der Waals surface area contributed by atoms with Gasteiger partial charge < -0.3 is 0 Å². The van der Waals surface area contributed by atoms with Crippen LogP contribution in [0.5, 0.6) is 0 Å². The van der Waals surface area contributed by atoms with Crippen LogP contribution in [0, 0.1) is 5.92 Å². The Morgan fingerprint density at radius 2 is 1.70 bits per heavy atom. The zero-order chi connectivity index (χ0) is 19.6. The van der Waals surface area contributed by atoms with Gasteiger partial charge in [-0.2, -0.15) is 0 Å². The van der Waals surface area contributed by atoms with Crippen LogP contribution >= 0.6 is 23.2 Å². The van der Waals surface area contributed by atoms with E-state index in [0.717, 1.165) is 5.56 Å². The van der Waals surface area contributed by atoms with E-state index in [1.165, 1.54) is 24.3 Å². The minimum absolute atomic E-state index is 0.0727. The first kappa shape index (κ1) is 19.9. The Morgan fingerprint density at radius 3 is 2.37 bits per heavy atom. The third-order valence-electron chi connectivity index (χ3n) is 4.46. The normalized spacial score (nSPS) is 18.4. The second-order valence-corrected chi connectivity index (χ2v) is 9.15. The zero-order valence-corrected chi connectivity index (χ0v) is 16.6. The maximum Gasteiger partial charge on any atom is 0.266 e. The highest BCUT2D eigenvalue weighted by Gasteiger charge is 2.37. The lowest BCUT2D eigenvalue weighted by Crippen LogP contribution is -2.42. The van der Waals surface area contributed by atoms with Crippen LogP contribution in [0.4, 0.5) is 0 Å². The Kier molecular flexibility index (Phi) is 5.89. The molecule has 0 aromatic heterocycles. The number of ketones is 1. The quantitative estimate of drug-likeness (QED) is 0.747. The summed E-state index contributed by atoms with van der Waals surface area (Å²) in [7, 11) is -4.14. The van der Waals surface area contributed by atoms with Crippen molar-refractivity contribution in [3.8, 4) is 0 Å². The molecule has 1 aliphatic heterocycles. The van der Waals surface area contributed by atoms with Crippen LogP contribution < -0.4 is 0 Å². The Labute approximate surface area is 167 Å². The van der Waals surface area contributed by atoms with Gasteiger partial charge in [0.1, 0.15) is 0 Å². The molecule has 1 atom stereocenters. The number of sulfonamides is 1. The molecule has 5 nitrogen and oxygen atoms in total. The Morgan fingerprint density at radius 1 is 1.00 bits per heavy atom. The molecule has 3 rings (SSSR count). The number of nitrogens with zero attached hydrogens (tertiary/aromatic N) is 1. The second-order valence-electron chi connectivity index (χ2n) is 6.41. The summed E-state index contributed by atoms with van der Waals surface area (Å²) in [4.78, 5) is 25.1. The summed E-state index contributed by atoms with van der Waals surface area (Å²) in [6.45, 7) is -0.449. The first-order valence-corrected chi connectivity index (χ1v) is 10.6. The van der Waals surface area contributed by atoms with E-state index in [1.807, 2.05) is 6.07 Å². The molecule has 1 amide bonds. The van der Waals surface area contributed by atoms with E-state index in [-0.39, 0.29) is 17.1 Å². The predicted octanol–water partition coefficient (Wildman–Crippen LogP) is 3.73. The standard InChI is InChI=1S/C19H17Cl2NO4S/c20-15-5-8-18(9-6-15)27(25,26)22-12-17(23)7-4-14(19(22)24)10-13-2-1-3-16(21)11-13/h1-3,5-6,8-9,11,14H,4,7,10,12H2. The number of halogens is 2. The van der Waals surface area contributed by atoms with E-state index in [9.17, 15) is 18.0 Å². The fourth-order valence-electron chi connectivity index (χ4n) is 3.05. The van der Waals surface area contributed by atoms with Crippen molar-refractivity contribution in [3.05, 3.63) is 64.1 Å². The molecule has 0 N–H and O–H groups in total. The van der Waals surface area contributed by atoms with Crippen LogP contribution in [-0.2, 0) is 26.0 Å². The number of carbonyl (C=O) groups excluding carboxylic acids is 2. The van der Waals surface area contributed by atoms with Gasteiger partial charge in [-0.15, -0.1) is 0 Å². The van der Waals surface area contributed by atoms with Crippen molar-refractivity contribution in [2.45, 2.75) is 24.2 Å². The maximum absolute atomic E-state index is 13.0. The predicted molar refractivity (Wildman–Crippen MR) is 103 cm³/mol. The van der Waals surface area contributed by atoms with Crippen LogP contribution in [-0.4, -0.2) is 31.0 Å². The van der Waals surface area contributed by atoms with Crippen LogP contribution in [0.1, 0.15) is 18.4 Å². The van der Waals surface area contributed by atoms with Crippen molar-refractivity contribution in [3.63, 3.8) is 0 Å². The number of hydrogen-bond donors (Lipinski definition) is 0. The third kappa shape index (κ3) is 4.51. The number of hydrogen-bond acceptors (Lipinski definition) is 4. The van der Waals surface area contributed by atoms with Gasteiger partial charge in [0.05, 0.1) is 11.4 Å². The van der Waals surface area contributed by atoms with E-state index in [2.05, 4.69) is 0 Å². The smallest absolute Gasteiger partial charge is 0.266 e. The van der Waals surface area contributed by atoms with Crippen molar-refractivity contribution in [2.24, 2.45) is 5.92 Å². The average Bonchev–Trinajstić information content (AvgIpc) is 2.76. The van der Waals surface area contributed by atoms with Crippen molar-refractivity contribution in [1.82, 2.24) is 4.31 Å². The van der Waals surface area contributed by atoms with Crippen molar-refractivity contribution in [2.75, 3.05) is 6.54 Å². The highest BCUT2D eigenvalue weighted by Crippen LogP contribution is 2.27. The topological polar surface area (TPSA) is 71.5 Å². The molecule has 0 spiro atoms. The first-order valence-electron chi connectivity index (χ1n) is 8.35. The molecular formula is C19H17Cl2NO4S. The van der Waals surface area contributed by atoms with Crippen molar-refractivity contribution >= 4 is 44.9 Å². The SMILES string of the molecule is O=C1CCC(Cc2cccc(Cl)c2)C(=O)N(S(=O)(=O)c2ccc(Cl)cc2)C1. The molecular weight excluding hydrogens is 409 g/mol. The Hall–Kier alpha value is -1.89. The minimum atomic E-state index is -4.14. The van der Waals surface area contributed by atoms with Gasteiger partial charge in [0.2, 0.25) is 5.91 Å². The van der Waals surface area contributed by atoms with Gasteiger partial charge in [0.15, 0.2) is 5.78 Å². The van der Waals surface area contributed by atoms with Gasteiger partial charge in [0.25, 0.3) is 10.0 Å². The van der Waals surface area contributed by atoms with Crippen LogP contribution in [0.2, 0.25) is 10.0 Å². The lowest BCUT2D eigenvalue weighted by Gasteiger charge is -2.23. The average molecular weight is 426 g/mol. The molecule has 0 aliphatic carbocycles. The van der Waals surface area contributed by atoms with Crippen molar-refractivity contribution in [1.29, 1.82) is 0 Å². The molecule has 1 aliphatic rings. The summed E-state index contributed by atoms with van der Waals surface area (Å²) in [5, 5.41) is 0.918. The molecule has 1 unspecified atom stereocenters. The summed E-state index contributed by atoms with van der Waals surface area (Å²) >= 11 is 11.8. The summed E-state index contributed by atoms with van der Waals surface area (Å²) in [5.41, 5.74) is 0.819. The van der Waals surface area contributed by atoms with Crippen LogP contribution in [0.25, 0.3) is 0 Å². The number of rotatable bonds is 4. The van der Waals surface area contributed by atoms with Gasteiger partial charge in [-0.05, 0) is 54.8 Å². The molecule has 27 heavy (non-hydrogen) atoms. The molecule has 142 valence electrons. The fraction of sp³-hybridized carbons (Fsp3) is 0.263. The lowest BCUT2D eigenvalue weighted by molar-refractivity contribution is -0.131. The maximum atomic E-state index is 13.0. The molecule has 1 saturated heterocycles. The monoisotopic (exact) mass is 425 g/mol. The highest BCUT2D eigenvalue weighted by molar-refractivity contribution is 7.89. The van der Waals surface area contributed by atoms with Gasteiger partial charge in [-0.3, -0.25) is 9.59 Å². The first-order chi connectivity index (χ1) is 12.8. The van der Waals surface area contributed by atoms with E-state index in [4.69, 9.17) is 23.2 Å². The summed E-state index contributed by atoms with van der Waals surface area (Å²) < 4.78 is 26.6. The van der Waals surface area contributed by atoms with E-state index in [1.54, 1.807) is 18.2 Å². The largest absolute Gasteiger partial charge is 0.298 e.